The molecular formula is C18H21ClN4O2S. The molecule has 1 aromatic carbocycles. The Balaban J connectivity index is 1.85. The molecule has 0 unspecified atom stereocenters. The van der Waals surface area contributed by atoms with Crippen LogP contribution in [0.2, 0.25) is 5.02 Å². The molecule has 26 heavy (non-hydrogen) atoms. The van der Waals surface area contributed by atoms with E-state index < -0.39 is 5.91 Å². The van der Waals surface area contributed by atoms with Gasteiger partial charge in [0.25, 0.3) is 5.91 Å². The van der Waals surface area contributed by atoms with Gasteiger partial charge in [-0.3, -0.25) is 19.9 Å². The molecule has 0 radical (unpaired) electrons. The Morgan fingerprint density at radius 1 is 1.35 bits per heavy atom. The Kier molecular flexibility index (Phi) is 5.50. The summed E-state index contributed by atoms with van der Waals surface area (Å²) in [5.41, 5.74) is 7.72. The highest BCUT2D eigenvalue weighted by molar-refractivity contribution is 7.17. The molecule has 3 amide bonds. The summed E-state index contributed by atoms with van der Waals surface area (Å²) in [4.78, 5) is 29.5. The van der Waals surface area contributed by atoms with E-state index in [2.05, 4.69) is 17.1 Å². The summed E-state index contributed by atoms with van der Waals surface area (Å²) < 4.78 is 0. The second kappa shape index (κ2) is 7.65. The van der Waals surface area contributed by atoms with Crippen LogP contribution in [0.15, 0.2) is 24.3 Å². The van der Waals surface area contributed by atoms with Crippen LogP contribution in [0.1, 0.15) is 27.7 Å². The Bertz CT molecular complexity index is 834. The minimum absolute atomic E-state index is 0.333. The van der Waals surface area contributed by atoms with Crippen molar-refractivity contribution in [1.82, 2.24) is 4.90 Å². The second-order valence-corrected chi connectivity index (χ2v) is 7.70. The quantitative estimate of drug-likeness (QED) is 0.835. The number of carbonyl (C=O) groups excluding carboxylic acids is 2. The first kappa shape index (κ1) is 18.7. The van der Waals surface area contributed by atoms with Crippen molar-refractivity contribution in [2.75, 3.05) is 30.4 Å². The molecule has 8 heteroatoms. The predicted octanol–water partition coefficient (Wildman–Crippen LogP) is 3.55. The van der Waals surface area contributed by atoms with Crippen LogP contribution < -0.4 is 16.0 Å². The molecule has 0 saturated carbocycles. The Hall–Kier alpha value is -2.09. The van der Waals surface area contributed by atoms with Crippen molar-refractivity contribution in [2.45, 2.75) is 19.9 Å². The molecule has 0 atom stereocenters. The van der Waals surface area contributed by atoms with Gasteiger partial charge in [0.05, 0.1) is 5.56 Å². The zero-order valence-corrected chi connectivity index (χ0v) is 16.3. The molecule has 6 nitrogen and oxygen atoms in total. The number of halogens is 1. The highest BCUT2D eigenvalue weighted by Crippen LogP contribution is 2.37. The number of fused-ring (bicyclic) bond motifs is 1. The monoisotopic (exact) mass is 392 g/mol. The van der Waals surface area contributed by atoms with Gasteiger partial charge in [-0.1, -0.05) is 18.5 Å². The predicted molar refractivity (Wildman–Crippen MR) is 106 cm³/mol. The summed E-state index contributed by atoms with van der Waals surface area (Å²) in [7, 11) is 1.66. The van der Waals surface area contributed by atoms with E-state index in [0.717, 1.165) is 36.5 Å². The Morgan fingerprint density at radius 2 is 2.04 bits per heavy atom. The molecule has 1 aromatic heterocycles. The number of nitrogens with two attached hydrogens (primary N) is 1. The van der Waals surface area contributed by atoms with Crippen LogP contribution in [0.5, 0.6) is 0 Å². The molecule has 1 aliphatic heterocycles. The molecule has 3 rings (SSSR count). The fraction of sp³-hybridized carbons (Fsp3) is 0.333. The minimum atomic E-state index is -0.503. The number of thiophene rings is 1. The molecule has 0 aliphatic carbocycles. The molecule has 0 saturated heterocycles. The number of anilines is 2. The number of urea groups is 1. The lowest BCUT2D eigenvalue weighted by atomic mass is 10.0. The van der Waals surface area contributed by atoms with Gasteiger partial charge in [0, 0.05) is 35.7 Å². The normalized spacial score (nSPS) is 14.0. The first-order chi connectivity index (χ1) is 12.4. The number of amides is 3. The summed E-state index contributed by atoms with van der Waals surface area (Å²) in [5, 5.41) is 3.97. The van der Waals surface area contributed by atoms with Crippen molar-refractivity contribution in [2.24, 2.45) is 5.73 Å². The number of hydrogen-bond acceptors (Lipinski definition) is 4. The summed E-state index contributed by atoms with van der Waals surface area (Å²) in [6, 6.07) is 6.63. The van der Waals surface area contributed by atoms with Crippen molar-refractivity contribution in [1.29, 1.82) is 0 Å². The lowest BCUT2D eigenvalue weighted by molar-refractivity contribution is 0.1000. The van der Waals surface area contributed by atoms with Gasteiger partial charge < -0.3 is 5.73 Å². The molecule has 138 valence electrons. The van der Waals surface area contributed by atoms with E-state index in [0.29, 0.717) is 21.3 Å². The number of rotatable bonds is 4. The van der Waals surface area contributed by atoms with Crippen LogP contribution in [0.25, 0.3) is 0 Å². The SMILES string of the molecule is CCN1CCc2c(sc(NC(=O)N(C)c3ccc(Cl)cc3)c2C(N)=O)C1. The smallest absolute Gasteiger partial charge is 0.326 e. The maximum absolute atomic E-state index is 12.6. The maximum Gasteiger partial charge on any atom is 0.326 e. The number of benzene rings is 1. The average Bonchev–Trinajstić information content (AvgIpc) is 2.98. The van der Waals surface area contributed by atoms with Crippen molar-refractivity contribution in [3.63, 3.8) is 0 Å². The van der Waals surface area contributed by atoms with E-state index in [9.17, 15) is 9.59 Å². The third-order valence-electron chi connectivity index (χ3n) is 4.57. The number of carbonyl (C=O) groups is 2. The van der Waals surface area contributed by atoms with Crippen LogP contribution >= 0.6 is 22.9 Å². The van der Waals surface area contributed by atoms with E-state index in [4.69, 9.17) is 17.3 Å². The van der Waals surface area contributed by atoms with Crippen LogP contribution in [-0.2, 0) is 13.0 Å². The van der Waals surface area contributed by atoms with Gasteiger partial charge in [-0.2, -0.15) is 0 Å². The van der Waals surface area contributed by atoms with Crippen molar-refractivity contribution in [3.8, 4) is 0 Å². The van der Waals surface area contributed by atoms with Gasteiger partial charge in [-0.15, -0.1) is 11.3 Å². The van der Waals surface area contributed by atoms with Gasteiger partial charge in [0.1, 0.15) is 5.00 Å². The number of nitrogens with zero attached hydrogens (tertiary/aromatic N) is 2. The van der Waals surface area contributed by atoms with Gasteiger partial charge in [-0.25, -0.2) is 4.79 Å². The maximum atomic E-state index is 12.6. The zero-order valence-electron chi connectivity index (χ0n) is 14.7. The van der Waals surface area contributed by atoms with Gasteiger partial charge >= 0.3 is 6.03 Å². The third kappa shape index (κ3) is 3.70. The lowest BCUT2D eigenvalue weighted by Crippen LogP contribution is -2.32. The molecule has 0 bridgehead atoms. The van der Waals surface area contributed by atoms with Crippen LogP contribution in [-0.4, -0.2) is 37.0 Å². The van der Waals surface area contributed by atoms with Crippen molar-refractivity contribution >= 4 is 45.6 Å². The van der Waals surface area contributed by atoms with Gasteiger partial charge in [0.2, 0.25) is 0 Å². The highest BCUT2D eigenvalue weighted by atomic mass is 35.5. The fourth-order valence-corrected chi connectivity index (χ4v) is 4.45. The topological polar surface area (TPSA) is 78.7 Å². The van der Waals surface area contributed by atoms with E-state index in [-0.39, 0.29) is 6.03 Å². The van der Waals surface area contributed by atoms with Crippen molar-refractivity contribution < 1.29 is 9.59 Å². The molecule has 2 aromatic rings. The van der Waals surface area contributed by atoms with Gasteiger partial charge in [0.15, 0.2) is 0 Å². The first-order valence-corrected chi connectivity index (χ1v) is 9.57. The largest absolute Gasteiger partial charge is 0.365 e. The summed E-state index contributed by atoms with van der Waals surface area (Å²) in [5.74, 6) is -0.503. The highest BCUT2D eigenvalue weighted by Gasteiger charge is 2.27. The average molecular weight is 393 g/mol. The van der Waals surface area contributed by atoms with Crippen molar-refractivity contribution in [3.05, 3.63) is 45.3 Å². The summed E-state index contributed by atoms with van der Waals surface area (Å²) in [6.45, 7) is 4.72. The van der Waals surface area contributed by atoms with E-state index in [1.165, 1.54) is 16.2 Å². The molecular weight excluding hydrogens is 372 g/mol. The standard InChI is InChI=1S/C18H21ClN4O2S/c1-3-23-9-8-13-14(10-23)26-17(15(13)16(20)24)21-18(25)22(2)12-6-4-11(19)5-7-12/h4-7H,3,8-10H2,1-2H3,(H2,20,24)(H,21,25). The van der Waals surface area contributed by atoms with Gasteiger partial charge in [-0.05, 0) is 42.8 Å². The number of hydrogen-bond donors (Lipinski definition) is 2. The second-order valence-electron chi connectivity index (χ2n) is 6.16. The van der Waals surface area contributed by atoms with E-state index in [1.54, 1.807) is 31.3 Å². The number of likely N-dealkylation sites (N-methyl/N-ethyl adjacent to an activating group) is 1. The molecule has 1 aliphatic rings. The number of primary amides is 1. The first-order valence-electron chi connectivity index (χ1n) is 8.37. The van der Waals surface area contributed by atoms with Crippen LogP contribution in [0.4, 0.5) is 15.5 Å². The Labute approximate surface area is 161 Å². The summed E-state index contributed by atoms with van der Waals surface area (Å²) >= 11 is 7.32. The number of nitrogens with one attached hydrogen (secondary N) is 1. The summed E-state index contributed by atoms with van der Waals surface area (Å²) in [6.07, 6.45) is 0.765. The minimum Gasteiger partial charge on any atom is -0.365 e. The molecule has 0 fully saturated rings. The van der Waals surface area contributed by atoms with E-state index in [1.807, 2.05) is 0 Å². The van der Waals surface area contributed by atoms with Crippen LogP contribution in [0.3, 0.4) is 0 Å². The third-order valence-corrected chi connectivity index (χ3v) is 5.95. The fourth-order valence-electron chi connectivity index (χ4n) is 3.04. The molecule has 2 heterocycles. The lowest BCUT2D eigenvalue weighted by Gasteiger charge is -2.25. The Morgan fingerprint density at radius 3 is 2.65 bits per heavy atom. The molecule has 0 spiro atoms. The zero-order chi connectivity index (χ0) is 18.8. The van der Waals surface area contributed by atoms with E-state index >= 15 is 0 Å². The van der Waals surface area contributed by atoms with Crippen LogP contribution in [0, 0.1) is 0 Å². The molecule has 3 N–H and O–H groups in total.